The minimum absolute atomic E-state index is 0.0122. The standard InChI is InChI=1S/C21H20BrN3O6S/c1-30-15-5-6-17-18(23-27)13-20(31-19(17)12-15)21(26)24-7-9-25(10-8-24)32(28,29)16-4-2-3-14(22)11-16/h2-6,11-13,27H,7-10H2,1H3/b23-18+. The maximum absolute atomic E-state index is 13.0. The third kappa shape index (κ3) is 4.23. The molecule has 168 valence electrons. The number of amides is 1. The molecular weight excluding hydrogens is 502 g/mol. The van der Waals surface area contributed by atoms with E-state index < -0.39 is 15.9 Å². The molecule has 1 N–H and O–H groups in total. The number of carbonyl (C=O) groups excluding carboxylic acids is 1. The third-order valence-corrected chi connectivity index (χ3v) is 7.62. The fourth-order valence-electron chi connectivity index (χ4n) is 3.53. The lowest BCUT2D eigenvalue weighted by Gasteiger charge is -2.33. The van der Waals surface area contributed by atoms with Gasteiger partial charge in [-0.25, -0.2) is 8.42 Å². The lowest BCUT2D eigenvalue weighted by Crippen LogP contribution is -2.50. The fourth-order valence-corrected chi connectivity index (χ4v) is 5.55. The number of rotatable bonds is 4. The van der Waals surface area contributed by atoms with Gasteiger partial charge in [-0.15, -0.1) is 0 Å². The molecule has 0 radical (unpaired) electrons. The normalized spacial score (nSPS) is 15.8. The van der Waals surface area contributed by atoms with E-state index in [1.165, 1.54) is 22.4 Å². The zero-order chi connectivity index (χ0) is 22.9. The van der Waals surface area contributed by atoms with Crippen molar-refractivity contribution in [2.24, 2.45) is 5.16 Å². The molecule has 9 nitrogen and oxygen atoms in total. The minimum atomic E-state index is -3.67. The molecule has 1 aliphatic heterocycles. The molecule has 1 aromatic heterocycles. The van der Waals surface area contributed by atoms with Crippen LogP contribution in [0.3, 0.4) is 0 Å². The van der Waals surface area contributed by atoms with Gasteiger partial charge in [-0.1, -0.05) is 27.2 Å². The van der Waals surface area contributed by atoms with Crippen LogP contribution in [0.15, 0.2) is 67.5 Å². The van der Waals surface area contributed by atoms with Gasteiger partial charge in [0.15, 0.2) is 5.76 Å². The van der Waals surface area contributed by atoms with E-state index in [1.54, 1.807) is 42.5 Å². The van der Waals surface area contributed by atoms with Crippen LogP contribution in [0.4, 0.5) is 0 Å². The van der Waals surface area contributed by atoms with Gasteiger partial charge in [0, 0.05) is 48.2 Å². The number of piperazine rings is 1. The molecular formula is C21H20BrN3O6S. The number of fused-ring (bicyclic) bond motifs is 1. The smallest absolute Gasteiger partial charge is 0.289 e. The first kappa shape index (κ1) is 22.3. The number of benzene rings is 2. The van der Waals surface area contributed by atoms with E-state index in [0.29, 0.717) is 21.2 Å². The Hall–Kier alpha value is -2.89. The summed E-state index contributed by atoms with van der Waals surface area (Å²) < 4.78 is 38.8. The number of carbonyl (C=O) groups is 1. The van der Waals surface area contributed by atoms with Crippen LogP contribution in [0.1, 0.15) is 10.6 Å². The van der Waals surface area contributed by atoms with Gasteiger partial charge in [-0.3, -0.25) is 4.79 Å². The number of halogens is 1. The third-order valence-electron chi connectivity index (χ3n) is 5.23. The zero-order valence-electron chi connectivity index (χ0n) is 17.1. The van der Waals surface area contributed by atoms with Crippen molar-refractivity contribution in [1.29, 1.82) is 0 Å². The number of nitrogens with zero attached hydrogens (tertiary/aromatic N) is 3. The summed E-state index contributed by atoms with van der Waals surface area (Å²) in [6.07, 6.45) is 0. The summed E-state index contributed by atoms with van der Waals surface area (Å²) in [4.78, 5) is 14.7. The van der Waals surface area contributed by atoms with Crippen molar-refractivity contribution in [2.75, 3.05) is 33.3 Å². The van der Waals surface area contributed by atoms with Gasteiger partial charge < -0.3 is 19.3 Å². The van der Waals surface area contributed by atoms with Crippen LogP contribution in [-0.2, 0) is 10.0 Å². The van der Waals surface area contributed by atoms with Crippen molar-refractivity contribution in [2.45, 2.75) is 4.90 Å². The molecule has 0 unspecified atom stereocenters. The van der Waals surface area contributed by atoms with Gasteiger partial charge in [0.05, 0.1) is 12.0 Å². The summed E-state index contributed by atoms with van der Waals surface area (Å²) in [6.45, 7) is 0.700. The fraction of sp³-hybridized carbons (Fsp3) is 0.238. The molecule has 11 heteroatoms. The first-order chi connectivity index (χ1) is 15.3. The van der Waals surface area contributed by atoms with Crippen LogP contribution in [-0.4, -0.2) is 62.0 Å². The van der Waals surface area contributed by atoms with Crippen LogP contribution in [0.2, 0.25) is 0 Å². The Morgan fingerprint density at radius 3 is 2.53 bits per heavy atom. The Morgan fingerprint density at radius 2 is 1.88 bits per heavy atom. The van der Waals surface area contributed by atoms with Crippen LogP contribution < -0.4 is 10.1 Å². The monoisotopic (exact) mass is 521 g/mol. The summed E-state index contributed by atoms with van der Waals surface area (Å²) in [5.41, 5.74) is 0.332. The van der Waals surface area contributed by atoms with Crippen molar-refractivity contribution in [3.05, 3.63) is 64.1 Å². The van der Waals surface area contributed by atoms with Crippen molar-refractivity contribution >= 4 is 42.8 Å². The summed E-state index contributed by atoms with van der Waals surface area (Å²) in [7, 11) is -2.16. The van der Waals surface area contributed by atoms with Crippen LogP contribution in [0, 0.1) is 0 Å². The number of sulfonamides is 1. The Balaban J connectivity index is 1.55. The average Bonchev–Trinajstić information content (AvgIpc) is 2.82. The van der Waals surface area contributed by atoms with Gasteiger partial charge in [0.25, 0.3) is 5.91 Å². The molecule has 2 heterocycles. The second-order valence-electron chi connectivity index (χ2n) is 7.11. The summed E-state index contributed by atoms with van der Waals surface area (Å²) in [5.74, 6) is 0.0991. The Labute approximate surface area is 192 Å². The molecule has 1 amide bonds. The zero-order valence-corrected chi connectivity index (χ0v) is 19.5. The highest BCUT2D eigenvalue weighted by molar-refractivity contribution is 9.10. The molecule has 0 bridgehead atoms. The molecule has 0 spiro atoms. The Bertz CT molecular complexity index is 1350. The second-order valence-corrected chi connectivity index (χ2v) is 9.97. The van der Waals surface area contributed by atoms with E-state index in [9.17, 15) is 18.4 Å². The van der Waals surface area contributed by atoms with E-state index in [1.807, 2.05) is 0 Å². The molecule has 32 heavy (non-hydrogen) atoms. The SMILES string of the molecule is COc1ccc2/c(=N/O)cc(C(=O)N3CCN(S(=O)(=O)c4cccc(Br)c4)CC3)oc2c1. The molecule has 3 aromatic rings. The van der Waals surface area contributed by atoms with Crippen molar-refractivity contribution in [1.82, 2.24) is 9.21 Å². The predicted molar refractivity (Wildman–Crippen MR) is 119 cm³/mol. The molecule has 2 aromatic carbocycles. The molecule has 0 atom stereocenters. The summed E-state index contributed by atoms with van der Waals surface area (Å²) in [6, 6.07) is 12.8. The highest BCUT2D eigenvalue weighted by atomic mass is 79.9. The lowest BCUT2D eigenvalue weighted by atomic mass is 10.2. The molecule has 1 aliphatic rings. The average molecular weight is 522 g/mol. The minimum Gasteiger partial charge on any atom is -0.497 e. The molecule has 1 saturated heterocycles. The van der Waals surface area contributed by atoms with Gasteiger partial charge in [-0.05, 0) is 30.3 Å². The van der Waals surface area contributed by atoms with Gasteiger partial charge in [0.1, 0.15) is 16.7 Å². The van der Waals surface area contributed by atoms with E-state index in [2.05, 4.69) is 21.1 Å². The van der Waals surface area contributed by atoms with E-state index >= 15 is 0 Å². The largest absolute Gasteiger partial charge is 0.497 e. The highest BCUT2D eigenvalue weighted by Gasteiger charge is 2.31. The molecule has 0 aliphatic carbocycles. The van der Waals surface area contributed by atoms with Crippen LogP contribution in [0.5, 0.6) is 5.75 Å². The van der Waals surface area contributed by atoms with Gasteiger partial charge >= 0.3 is 0 Å². The quantitative estimate of drug-likeness (QED) is 0.417. The van der Waals surface area contributed by atoms with E-state index in [0.717, 1.165) is 0 Å². The van der Waals surface area contributed by atoms with Gasteiger partial charge in [-0.2, -0.15) is 4.31 Å². The topological polar surface area (TPSA) is 113 Å². The van der Waals surface area contributed by atoms with E-state index in [-0.39, 0.29) is 42.2 Å². The summed E-state index contributed by atoms with van der Waals surface area (Å²) >= 11 is 3.29. The first-order valence-electron chi connectivity index (χ1n) is 9.68. The van der Waals surface area contributed by atoms with Crippen molar-refractivity contribution < 1.29 is 27.6 Å². The predicted octanol–water partition coefficient (Wildman–Crippen LogP) is 2.64. The van der Waals surface area contributed by atoms with Gasteiger partial charge in [0.2, 0.25) is 10.0 Å². The number of methoxy groups -OCH3 is 1. The van der Waals surface area contributed by atoms with Crippen LogP contribution in [0.25, 0.3) is 11.0 Å². The lowest BCUT2D eigenvalue weighted by molar-refractivity contribution is 0.0666. The number of hydrogen-bond donors (Lipinski definition) is 1. The Morgan fingerprint density at radius 1 is 1.12 bits per heavy atom. The van der Waals surface area contributed by atoms with Crippen molar-refractivity contribution in [3.8, 4) is 5.75 Å². The maximum atomic E-state index is 13.0. The second kappa shape index (κ2) is 8.93. The summed E-state index contributed by atoms with van der Waals surface area (Å²) in [5, 5.41) is 13.4. The first-order valence-corrected chi connectivity index (χ1v) is 11.9. The van der Waals surface area contributed by atoms with E-state index in [4.69, 9.17) is 9.15 Å². The maximum Gasteiger partial charge on any atom is 0.289 e. The molecule has 4 rings (SSSR count). The molecule has 1 fully saturated rings. The highest BCUT2D eigenvalue weighted by Crippen LogP contribution is 2.23. The van der Waals surface area contributed by atoms with Crippen molar-refractivity contribution in [3.63, 3.8) is 0 Å². The Kier molecular flexibility index (Phi) is 6.22. The number of ether oxygens (including phenoxy) is 1. The molecule has 0 saturated carbocycles. The number of hydrogen-bond acceptors (Lipinski definition) is 7. The van der Waals surface area contributed by atoms with Crippen LogP contribution >= 0.6 is 15.9 Å².